The molecule has 2 saturated heterocycles. The molecule has 1 atom stereocenters. The fourth-order valence-corrected chi connectivity index (χ4v) is 4.04. The lowest BCUT2D eigenvalue weighted by Gasteiger charge is -2.46. The van der Waals surface area contributed by atoms with E-state index < -0.39 is 18.3 Å². The van der Waals surface area contributed by atoms with Gasteiger partial charge in [-0.2, -0.15) is 0 Å². The summed E-state index contributed by atoms with van der Waals surface area (Å²) in [5, 5.41) is 16.7. The molecule has 0 aliphatic carbocycles. The fraction of sp³-hybridized carbons (Fsp3) is 0.600. The van der Waals surface area contributed by atoms with Gasteiger partial charge in [0.1, 0.15) is 5.75 Å². The van der Waals surface area contributed by atoms with Crippen molar-refractivity contribution in [3.8, 4) is 5.75 Å². The van der Waals surface area contributed by atoms with Crippen molar-refractivity contribution in [2.45, 2.75) is 51.0 Å². The number of rotatable bonds is 4. The van der Waals surface area contributed by atoms with Gasteiger partial charge in [-0.05, 0) is 43.7 Å². The monoisotopic (exact) mass is 467 g/mol. The number of carboxylic acids is 2. The van der Waals surface area contributed by atoms with E-state index in [4.69, 9.17) is 31.3 Å². The molecule has 7 nitrogen and oxygen atoms in total. The van der Waals surface area contributed by atoms with E-state index >= 15 is 0 Å². The maximum Gasteiger partial charge on any atom is 0.573 e. The Bertz CT molecular complexity index is 767. The maximum atomic E-state index is 12.4. The van der Waals surface area contributed by atoms with Crippen molar-refractivity contribution in [1.82, 2.24) is 0 Å². The summed E-state index contributed by atoms with van der Waals surface area (Å²) in [7, 11) is 0. The second-order valence-corrected chi connectivity index (χ2v) is 8.07. The Labute approximate surface area is 182 Å². The number of carbonyl (C=O) groups is 2. The highest BCUT2D eigenvalue weighted by molar-refractivity contribution is 6.33. The third kappa shape index (κ3) is 8.10. The molecular formula is C20H25ClF3NO6. The number of nitrogens with zero attached hydrogens (tertiary/aromatic N) is 1. The molecule has 0 unspecified atom stereocenters. The Hall–Kier alpha value is -2.20. The predicted octanol–water partition coefficient (Wildman–Crippen LogP) is 4.57. The highest BCUT2D eigenvalue weighted by Crippen LogP contribution is 2.40. The molecule has 11 heteroatoms. The number of carboxylic acid groups (broad SMARTS) is 2. The first-order chi connectivity index (χ1) is 14.4. The molecule has 1 aromatic carbocycles. The molecule has 0 bridgehead atoms. The summed E-state index contributed by atoms with van der Waals surface area (Å²) >= 11 is 6.18. The lowest BCUT2D eigenvalue weighted by Crippen LogP contribution is -2.49. The Morgan fingerprint density at radius 3 is 2.35 bits per heavy atom. The zero-order chi connectivity index (χ0) is 23.2. The minimum Gasteiger partial charge on any atom is -0.481 e. The van der Waals surface area contributed by atoms with Crippen LogP contribution in [0.2, 0.25) is 5.02 Å². The van der Waals surface area contributed by atoms with E-state index in [1.807, 2.05) is 4.90 Å². The first-order valence-corrected chi connectivity index (χ1v) is 10.1. The van der Waals surface area contributed by atoms with Gasteiger partial charge in [0.15, 0.2) is 0 Å². The van der Waals surface area contributed by atoms with E-state index in [1.54, 1.807) is 0 Å². The van der Waals surface area contributed by atoms with Crippen LogP contribution in [0.4, 0.5) is 18.9 Å². The van der Waals surface area contributed by atoms with Crippen molar-refractivity contribution in [3.05, 3.63) is 23.2 Å². The minimum absolute atomic E-state index is 0.0387. The SMILES string of the molecule is CC(=O)O.O=C(O)C[C@H]1CCC2(CCN(c3cc(OC(F)(F)F)ccc3Cl)CC2)OC1. The van der Waals surface area contributed by atoms with Gasteiger partial charge in [-0.15, -0.1) is 13.2 Å². The number of ether oxygens (including phenoxy) is 2. The molecule has 2 N–H and O–H groups in total. The largest absolute Gasteiger partial charge is 0.573 e. The van der Waals surface area contributed by atoms with E-state index in [-0.39, 0.29) is 23.7 Å². The van der Waals surface area contributed by atoms with Crippen LogP contribution < -0.4 is 9.64 Å². The Morgan fingerprint density at radius 1 is 1.26 bits per heavy atom. The topological polar surface area (TPSA) is 96.3 Å². The van der Waals surface area contributed by atoms with Crippen molar-refractivity contribution < 1.29 is 42.4 Å². The van der Waals surface area contributed by atoms with Gasteiger partial charge in [-0.25, -0.2) is 0 Å². The van der Waals surface area contributed by atoms with Gasteiger partial charge in [0, 0.05) is 26.1 Å². The zero-order valence-electron chi connectivity index (χ0n) is 17.0. The smallest absolute Gasteiger partial charge is 0.481 e. The van der Waals surface area contributed by atoms with E-state index in [2.05, 4.69) is 4.74 Å². The van der Waals surface area contributed by atoms with Gasteiger partial charge in [0.25, 0.3) is 5.97 Å². The number of anilines is 1. The molecule has 2 heterocycles. The quantitative estimate of drug-likeness (QED) is 0.669. The van der Waals surface area contributed by atoms with Crippen LogP contribution in [0.5, 0.6) is 5.75 Å². The molecule has 3 rings (SSSR count). The summed E-state index contributed by atoms with van der Waals surface area (Å²) in [4.78, 5) is 21.8. The lowest BCUT2D eigenvalue weighted by molar-refractivity contribution is -0.274. The van der Waals surface area contributed by atoms with Gasteiger partial charge in [-0.1, -0.05) is 11.6 Å². The summed E-state index contributed by atoms with van der Waals surface area (Å²) < 4.78 is 47.3. The normalized spacial score (nSPS) is 20.5. The van der Waals surface area contributed by atoms with E-state index in [9.17, 15) is 18.0 Å². The maximum absolute atomic E-state index is 12.4. The number of alkyl halides is 3. The van der Waals surface area contributed by atoms with Crippen molar-refractivity contribution in [3.63, 3.8) is 0 Å². The molecule has 0 amide bonds. The van der Waals surface area contributed by atoms with Crippen molar-refractivity contribution in [2.75, 3.05) is 24.6 Å². The predicted molar refractivity (Wildman–Crippen MR) is 107 cm³/mol. The number of aliphatic carboxylic acids is 2. The number of halogens is 4. The second-order valence-electron chi connectivity index (χ2n) is 7.66. The average Bonchev–Trinajstić information content (AvgIpc) is 2.64. The number of hydrogen-bond donors (Lipinski definition) is 2. The van der Waals surface area contributed by atoms with Crippen LogP contribution in [0.15, 0.2) is 18.2 Å². The van der Waals surface area contributed by atoms with Gasteiger partial charge in [-0.3, -0.25) is 9.59 Å². The van der Waals surface area contributed by atoms with E-state index in [0.717, 1.165) is 19.8 Å². The Kier molecular flexibility index (Phi) is 8.41. The van der Waals surface area contributed by atoms with Gasteiger partial charge >= 0.3 is 12.3 Å². The van der Waals surface area contributed by atoms with Gasteiger partial charge in [0.05, 0.1) is 29.3 Å². The van der Waals surface area contributed by atoms with Gasteiger partial charge in [0.2, 0.25) is 0 Å². The summed E-state index contributed by atoms with van der Waals surface area (Å²) in [6.45, 7) is 2.71. The standard InChI is InChI=1S/C18H21ClF3NO4.C2H4O2/c19-14-2-1-13(27-18(20,21)22)10-15(14)23-7-5-17(6-8-23)4-3-12(11-26-17)9-16(24)25;1-2(3)4/h1-2,10,12H,3-9,11H2,(H,24,25);1H3,(H,3,4)/t12-;/m1./s1. The molecule has 0 aromatic heterocycles. The van der Waals surface area contributed by atoms with Crippen LogP contribution >= 0.6 is 11.6 Å². The molecular weight excluding hydrogens is 443 g/mol. The molecule has 2 aliphatic rings. The number of piperidine rings is 1. The van der Waals surface area contributed by atoms with E-state index in [1.165, 1.54) is 18.2 Å². The van der Waals surface area contributed by atoms with Crippen molar-refractivity contribution >= 4 is 29.2 Å². The third-order valence-electron chi connectivity index (χ3n) is 5.26. The average molecular weight is 468 g/mol. The number of hydrogen-bond acceptors (Lipinski definition) is 5. The first-order valence-electron chi connectivity index (χ1n) is 9.75. The van der Waals surface area contributed by atoms with Crippen LogP contribution in [-0.4, -0.2) is 53.8 Å². The van der Waals surface area contributed by atoms with Crippen LogP contribution in [-0.2, 0) is 14.3 Å². The molecule has 31 heavy (non-hydrogen) atoms. The Balaban J connectivity index is 0.000000785. The van der Waals surface area contributed by atoms with Crippen LogP contribution in [0, 0.1) is 5.92 Å². The summed E-state index contributed by atoms with van der Waals surface area (Å²) in [6.07, 6.45) is -1.60. The van der Waals surface area contributed by atoms with Crippen LogP contribution in [0.25, 0.3) is 0 Å². The highest BCUT2D eigenvalue weighted by atomic mass is 35.5. The van der Waals surface area contributed by atoms with Crippen LogP contribution in [0.3, 0.4) is 0 Å². The molecule has 0 saturated carbocycles. The molecule has 1 aromatic rings. The number of benzene rings is 1. The highest BCUT2D eigenvalue weighted by Gasteiger charge is 2.40. The van der Waals surface area contributed by atoms with Crippen molar-refractivity contribution in [1.29, 1.82) is 0 Å². The summed E-state index contributed by atoms with van der Waals surface area (Å²) in [5.74, 6) is -1.91. The van der Waals surface area contributed by atoms with E-state index in [0.29, 0.717) is 43.2 Å². The molecule has 0 radical (unpaired) electrons. The molecule has 174 valence electrons. The molecule has 2 fully saturated rings. The second kappa shape index (κ2) is 10.4. The first kappa shape index (κ1) is 25.1. The van der Waals surface area contributed by atoms with Crippen LogP contribution in [0.1, 0.15) is 39.0 Å². The zero-order valence-corrected chi connectivity index (χ0v) is 17.7. The van der Waals surface area contributed by atoms with Gasteiger partial charge < -0.3 is 24.6 Å². The lowest BCUT2D eigenvalue weighted by atomic mass is 9.81. The molecule has 2 aliphatic heterocycles. The van der Waals surface area contributed by atoms with Crippen molar-refractivity contribution in [2.24, 2.45) is 5.92 Å². The molecule has 1 spiro atoms. The summed E-state index contributed by atoms with van der Waals surface area (Å²) in [6, 6.07) is 3.89. The summed E-state index contributed by atoms with van der Waals surface area (Å²) in [5.41, 5.74) is 0.228. The Morgan fingerprint density at radius 2 is 1.87 bits per heavy atom. The fourth-order valence-electron chi connectivity index (χ4n) is 3.81. The minimum atomic E-state index is -4.75. The third-order valence-corrected chi connectivity index (χ3v) is 5.58.